The van der Waals surface area contributed by atoms with Gasteiger partial charge < -0.3 is 19.9 Å². The summed E-state index contributed by atoms with van der Waals surface area (Å²) in [4.78, 5) is 27.4. The lowest BCUT2D eigenvalue weighted by molar-refractivity contribution is -0.123. The molecule has 6 nitrogen and oxygen atoms in total. The van der Waals surface area contributed by atoms with E-state index in [1.54, 1.807) is 0 Å². The number of rotatable bonds is 5. The minimum absolute atomic E-state index is 0.00139. The van der Waals surface area contributed by atoms with Crippen LogP contribution < -0.4 is 5.32 Å². The molecule has 0 bridgehead atoms. The van der Waals surface area contributed by atoms with E-state index >= 15 is 0 Å². The van der Waals surface area contributed by atoms with Crippen LogP contribution in [0.2, 0.25) is 0 Å². The average molecular weight is 396 g/mol. The Hall–Kier alpha value is -2.60. The molecule has 1 aromatic carbocycles. The van der Waals surface area contributed by atoms with Crippen LogP contribution in [-0.4, -0.2) is 52.1 Å². The number of carbonyl (C=O) groups is 2. The highest BCUT2D eigenvalue weighted by atomic mass is 16.3. The molecular formula is C23H29N3O3. The third kappa shape index (κ3) is 3.94. The first kappa shape index (κ1) is 19.7. The molecule has 2 atom stereocenters. The second-order valence-corrected chi connectivity index (χ2v) is 8.33. The van der Waals surface area contributed by atoms with Crippen molar-refractivity contribution < 1.29 is 14.7 Å². The van der Waals surface area contributed by atoms with E-state index < -0.39 is 0 Å². The highest BCUT2D eigenvalue weighted by Crippen LogP contribution is 2.30. The van der Waals surface area contributed by atoms with Crippen LogP contribution in [0.25, 0.3) is 11.3 Å². The van der Waals surface area contributed by atoms with Gasteiger partial charge in [0.1, 0.15) is 0 Å². The average Bonchev–Trinajstić information content (AvgIpc) is 3.55. The molecule has 0 spiro atoms. The highest BCUT2D eigenvalue weighted by Gasteiger charge is 2.37. The topological polar surface area (TPSA) is 74.6 Å². The number of nitrogens with one attached hydrogen (secondary N) is 1. The summed E-state index contributed by atoms with van der Waals surface area (Å²) in [5, 5.41) is 12.8. The zero-order valence-electron chi connectivity index (χ0n) is 17.1. The number of nitrogens with zero attached hydrogens (tertiary/aromatic N) is 2. The molecule has 1 saturated heterocycles. The van der Waals surface area contributed by atoms with Gasteiger partial charge in [0.05, 0.1) is 11.6 Å². The fourth-order valence-corrected chi connectivity index (χ4v) is 4.19. The van der Waals surface area contributed by atoms with Gasteiger partial charge in [-0.1, -0.05) is 30.3 Å². The van der Waals surface area contributed by atoms with Gasteiger partial charge in [0, 0.05) is 50.0 Å². The third-order valence-corrected chi connectivity index (χ3v) is 6.39. The van der Waals surface area contributed by atoms with E-state index in [0.717, 1.165) is 29.8 Å². The van der Waals surface area contributed by atoms with Crippen LogP contribution in [0.1, 0.15) is 35.3 Å². The largest absolute Gasteiger partial charge is 0.396 e. The molecule has 4 rings (SSSR count). The zero-order valence-corrected chi connectivity index (χ0v) is 17.1. The minimum Gasteiger partial charge on any atom is -0.396 e. The van der Waals surface area contributed by atoms with E-state index in [1.807, 2.05) is 55.3 Å². The molecule has 2 aliphatic rings. The van der Waals surface area contributed by atoms with Crippen molar-refractivity contribution in [2.75, 3.05) is 19.7 Å². The third-order valence-electron chi connectivity index (χ3n) is 6.39. The van der Waals surface area contributed by atoms with Crippen LogP contribution >= 0.6 is 0 Å². The molecule has 1 aliphatic heterocycles. The quantitative estimate of drug-likeness (QED) is 0.816. The molecular weight excluding hydrogens is 366 g/mol. The molecule has 29 heavy (non-hydrogen) atoms. The zero-order chi connectivity index (χ0) is 20.5. The maximum Gasteiger partial charge on any atom is 0.255 e. The van der Waals surface area contributed by atoms with Crippen molar-refractivity contribution >= 4 is 11.8 Å². The second kappa shape index (κ2) is 8.03. The Labute approximate surface area is 171 Å². The van der Waals surface area contributed by atoms with Crippen LogP contribution in [0.15, 0.2) is 36.4 Å². The van der Waals surface area contributed by atoms with Crippen molar-refractivity contribution in [1.29, 1.82) is 0 Å². The van der Waals surface area contributed by atoms with E-state index in [4.69, 9.17) is 0 Å². The number of hydrogen-bond acceptors (Lipinski definition) is 3. The standard InChI is InChI=1S/C23H29N3O3/c1-15-19(12-21(25(15)2)16-6-4-3-5-7-16)23(29)26-11-10-18(14-27)20(13-26)24-22(28)17-8-9-17/h3-7,12,17-18,20,27H,8-11,13-14H2,1-2H3,(H,24,28). The lowest BCUT2D eigenvalue weighted by Gasteiger charge is -2.38. The number of aliphatic hydroxyl groups excluding tert-OH is 1. The summed E-state index contributed by atoms with van der Waals surface area (Å²) < 4.78 is 2.05. The number of piperidine rings is 1. The van der Waals surface area contributed by atoms with Gasteiger partial charge >= 0.3 is 0 Å². The summed E-state index contributed by atoms with van der Waals surface area (Å²) in [6.07, 6.45) is 2.57. The molecule has 154 valence electrons. The molecule has 2 aromatic rings. The highest BCUT2D eigenvalue weighted by molar-refractivity contribution is 5.97. The summed E-state index contributed by atoms with van der Waals surface area (Å²) in [5.74, 6) is 0.163. The number of benzene rings is 1. The predicted molar refractivity (Wildman–Crippen MR) is 111 cm³/mol. The Balaban J connectivity index is 1.54. The van der Waals surface area contributed by atoms with Gasteiger partial charge in [-0.15, -0.1) is 0 Å². The molecule has 0 radical (unpaired) electrons. The maximum absolute atomic E-state index is 13.3. The van der Waals surface area contributed by atoms with Crippen molar-refractivity contribution in [2.24, 2.45) is 18.9 Å². The summed E-state index contributed by atoms with van der Waals surface area (Å²) in [5.41, 5.74) is 3.71. The summed E-state index contributed by atoms with van der Waals surface area (Å²) >= 11 is 0. The fourth-order valence-electron chi connectivity index (χ4n) is 4.19. The Morgan fingerprint density at radius 2 is 1.90 bits per heavy atom. The van der Waals surface area contributed by atoms with Gasteiger partial charge in [-0.05, 0) is 37.8 Å². The number of aromatic nitrogens is 1. The van der Waals surface area contributed by atoms with Gasteiger partial charge in [-0.3, -0.25) is 9.59 Å². The molecule has 2 heterocycles. The molecule has 1 aromatic heterocycles. The van der Waals surface area contributed by atoms with Gasteiger partial charge in [0.2, 0.25) is 5.91 Å². The van der Waals surface area contributed by atoms with Crippen molar-refractivity contribution in [3.05, 3.63) is 47.7 Å². The number of hydrogen-bond donors (Lipinski definition) is 2. The number of carbonyl (C=O) groups excluding carboxylic acids is 2. The van der Waals surface area contributed by atoms with E-state index in [-0.39, 0.29) is 36.3 Å². The van der Waals surface area contributed by atoms with Crippen LogP contribution in [0.4, 0.5) is 0 Å². The summed E-state index contributed by atoms with van der Waals surface area (Å²) in [6, 6.07) is 11.8. The Morgan fingerprint density at radius 3 is 2.55 bits per heavy atom. The normalized spacial score (nSPS) is 21.8. The van der Waals surface area contributed by atoms with Gasteiger partial charge in [0.25, 0.3) is 5.91 Å². The lowest BCUT2D eigenvalue weighted by Crippen LogP contribution is -2.55. The van der Waals surface area contributed by atoms with Gasteiger partial charge in [0.15, 0.2) is 0 Å². The van der Waals surface area contributed by atoms with Crippen molar-refractivity contribution in [1.82, 2.24) is 14.8 Å². The Kier molecular flexibility index (Phi) is 5.46. The van der Waals surface area contributed by atoms with Crippen LogP contribution in [0.5, 0.6) is 0 Å². The van der Waals surface area contributed by atoms with E-state index in [2.05, 4.69) is 9.88 Å². The van der Waals surface area contributed by atoms with Crippen LogP contribution in [0, 0.1) is 18.8 Å². The van der Waals surface area contributed by atoms with Crippen LogP contribution in [-0.2, 0) is 11.8 Å². The smallest absolute Gasteiger partial charge is 0.255 e. The molecule has 2 unspecified atom stereocenters. The van der Waals surface area contributed by atoms with E-state index in [0.29, 0.717) is 25.1 Å². The van der Waals surface area contributed by atoms with Crippen molar-refractivity contribution in [2.45, 2.75) is 32.2 Å². The fraction of sp³-hybridized carbons (Fsp3) is 0.478. The first-order valence-corrected chi connectivity index (χ1v) is 10.4. The van der Waals surface area contributed by atoms with Gasteiger partial charge in [-0.25, -0.2) is 0 Å². The number of likely N-dealkylation sites (tertiary alicyclic amines) is 1. The molecule has 2 N–H and O–H groups in total. The Bertz CT molecular complexity index is 902. The predicted octanol–water partition coefficient (Wildman–Crippen LogP) is 2.35. The van der Waals surface area contributed by atoms with E-state index in [9.17, 15) is 14.7 Å². The summed E-state index contributed by atoms with van der Waals surface area (Å²) in [6.45, 7) is 3.03. The molecule has 1 aliphatic carbocycles. The number of aliphatic hydroxyl groups is 1. The maximum atomic E-state index is 13.3. The minimum atomic E-state index is -0.191. The lowest BCUT2D eigenvalue weighted by atomic mass is 9.91. The van der Waals surface area contributed by atoms with E-state index in [1.165, 1.54) is 0 Å². The molecule has 2 fully saturated rings. The monoisotopic (exact) mass is 395 g/mol. The molecule has 1 saturated carbocycles. The number of amides is 2. The van der Waals surface area contributed by atoms with Crippen LogP contribution in [0.3, 0.4) is 0 Å². The molecule has 2 amide bonds. The van der Waals surface area contributed by atoms with Crippen molar-refractivity contribution in [3.63, 3.8) is 0 Å². The Morgan fingerprint density at radius 1 is 1.17 bits per heavy atom. The summed E-state index contributed by atoms with van der Waals surface area (Å²) in [7, 11) is 1.98. The molecule has 6 heteroatoms. The SMILES string of the molecule is Cc1c(C(=O)N2CCC(CO)C(NC(=O)C3CC3)C2)cc(-c2ccccc2)n1C. The first-order valence-electron chi connectivity index (χ1n) is 10.4. The van der Waals surface area contributed by atoms with Gasteiger partial charge in [-0.2, -0.15) is 0 Å². The first-order chi connectivity index (χ1) is 14.0. The van der Waals surface area contributed by atoms with Crippen molar-refractivity contribution in [3.8, 4) is 11.3 Å². The second-order valence-electron chi connectivity index (χ2n) is 8.33.